The molecule has 1 fully saturated rings. The van der Waals surface area contributed by atoms with Crippen molar-refractivity contribution in [2.24, 2.45) is 0 Å². The van der Waals surface area contributed by atoms with Crippen molar-refractivity contribution in [3.05, 3.63) is 70.5 Å². The second-order valence-corrected chi connectivity index (χ2v) is 8.23. The van der Waals surface area contributed by atoms with Crippen molar-refractivity contribution in [1.82, 2.24) is 14.3 Å². The van der Waals surface area contributed by atoms with Gasteiger partial charge >= 0.3 is 6.03 Å². The first kappa shape index (κ1) is 19.7. The molecule has 1 aliphatic heterocycles. The summed E-state index contributed by atoms with van der Waals surface area (Å²) in [7, 11) is 0. The maximum absolute atomic E-state index is 12.5. The zero-order valence-electron chi connectivity index (χ0n) is 16.1. The van der Waals surface area contributed by atoms with Crippen molar-refractivity contribution >= 4 is 40.0 Å². The van der Waals surface area contributed by atoms with Crippen molar-refractivity contribution in [3.63, 3.8) is 0 Å². The van der Waals surface area contributed by atoms with Crippen molar-refractivity contribution in [2.75, 3.05) is 36.4 Å². The van der Waals surface area contributed by atoms with E-state index in [0.717, 1.165) is 40.3 Å². The summed E-state index contributed by atoms with van der Waals surface area (Å²) in [5.41, 5.74) is 3.12. The molecule has 0 bridgehead atoms. The lowest BCUT2D eigenvalue weighted by molar-refractivity contribution is 0.208. The average molecular weight is 428 g/mol. The Labute approximate surface area is 179 Å². The van der Waals surface area contributed by atoms with Crippen molar-refractivity contribution in [3.8, 4) is 0 Å². The number of carbonyl (C=O) groups excluding carboxylic acids is 1. The fourth-order valence-electron chi connectivity index (χ4n) is 3.17. The second-order valence-electron chi connectivity index (χ2n) is 7.07. The minimum Gasteiger partial charge on any atom is -0.343 e. The first-order valence-corrected chi connectivity index (χ1v) is 10.7. The summed E-state index contributed by atoms with van der Waals surface area (Å²) < 4.78 is 4.49. The van der Waals surface area contributed by atoms with E-state index in [-0.39, 0.29) is 6.03 Å². The summed E-state index contributed by atoms with van der Waals surface area (Å²) in [5.74, 6) is 0.812. The van der Waals surface area contributed by atoms with Crippen LogP contribution >= 0.6 is 23.1 Å². The fourth-order valence-corrected chi connectivity index (χ4v) is 4.03. The number of rotatable bonds is 4. The topological polar surface area (TPSA) is 61.4 Å². The largest absolute Gasteiger partial charge is 0.343 e. The number of nitrogens with one attached hydrogen (secondary N) is 1. The molecular formula is C21H22ClN5OS. The van der Waals surface area contributed by atoms with Crippen molar-refractivity contribution in [2.45, 2.75) is 13.3 Å². The summed E-state index contributed by atoms with van der Waals surface area (Å²) in [6, 6.07) is 15.5. The Morgan fingerprint density at radius 1 is 1.07 bits per heavy atom. The molecule has 1 aromatic heterocycles. The number of piperazine rings is 1. The fraction of sp³-hybridized carbons (Fsp3) is 0.286. The predicted molar refractivity (Wildman–Crippen MR) is 118 cm³/mol. The lowest BCUT2D eigenvalue weighted by atomic mass is 10.1. The van der Waals surface area contributed by atoms with Crippen LogP contribution in [0.1, 0.15) is 17.0 Å². The molecule has 8 heteroatoms. The van der Waals surface area contributed by atoms with Crippen LogP contribution in [0, 0.1) is 6.92 Å². The van der Waals surface area contributed by atoms with Crippen LogP contribution < -0.4 is 10.2 Å². The van der Waals surface area contributed by atoms with Crippen LogP contribution in [0.2, 0.25) is 5.02 Å². The second kappa shape index (κ2) is 8.80. The van der Waals surface area contributed by atoms with Gasteiger partial charge < -0.3 is 15.1 Å². The Hall–Kier alpha value is -2.64. The molecule has 1 aliphatic rings. The minimum absolute atomic E-state index is 0.0609. The van der Waals surface area contributed by atoms with E-state index in [0.29, 0.717) is 19.5 Å². The maximum Gasteiger partial charge on any atom is 0.321 e. The Morgan fingerprint density at radius 3 is 2.45 bits per heavy atom. The predicted octanol–water partition coefficient (Wildman–Crippen LogP) is 4.44. The van der Waals surface area contributed by atoms with Gasteiger partial charge in [0.2, 0.25) is 5.13 Å². The number of carbonyl (C=O) groups is 1. The molecule has 150 valence electrons. The molecule has 3 aromatic rings. The van der Waals surface area contributed by atoms with E-state index >= 15 is 0 Å². The quantitative estimate of drug-likeness (QED) is 0.668. The summed E-state index contributed by atoms with van der Waals surface area (Å²) in [6.07, 6.45) is 0.687. The van der Waals surface area contributed by atoms with Crippen LogP contribution in [0.3, 0.4) is 0 Å². The van der Waals surface area contributed by atoms with Crippen LogP contribution in [0.25, 0.3) is 0 Å². The molecule has 2 amide bonds. The highest BCUT2D eigenvalue weighted by atomic mass is 35.5. The number of hydrogen-bond acceptors (Lipinski definition) is 5. The SMILES string of the molecule is Cc1ccc(NC(=O)N2CCN(c3nc(Cc4ccc(Cl)cc4)ns3)CC2)cc1. The molecule has 0 unspecified atom stereocenters. The van der Waals surface area contributed by atoms with Gasteiger partial charge in [-0.1, -0.05) is 41.4 Å². The van der Waals surface area contributed by atoms with Gasteiger partial charge in [0.05, 0.1) is 0 Å². The van der Waals surface area contributed by atoms with Crippen molar-refractivity contribution < 1.29 is 4.79 Å². The van der Waals surface area contributed by atoms with Gasteiger partial charge in [-0.2, -0.15) is 4.37 Å². The zero-order chi connectivity index (χ0) is 20.2. The highest BCUT2D eigenvalue weighted by molar-refractivity contribution is 7.09. The Kier molecular flexibility index (Phi) is 5.97. The number of aryl methyl sites for hydroxylation is 1. The molecule has 1 N–H and O–H groups in total. The van der Waals surface area contributed by atoms with E-state index in [9.17, 15) is 4.79 Å². The normalized spacial score (nSPS) is 14.1. The molecule has 2 heterocycles. The molecule has 0 saturated carbocycles. The number of halogens is 1. The van der Waals surface area contributed by atoms with Crippen molar-refractivity contribution in [1.29, 1.82) is 0 Å². The Bertz CT molecular complexity index is 965. The molecule has 29 heavy (non-hydrogen) atoms. The number of benzene rings is 2. The number of aromatic nitrogens is 2. The first-order valence-electron chi connectivity index (χ1n) is 9.51. The third-order valence-corrected chi connectivity index (χ3v) is 5.94. The number of amides is 2. The van der Waals surface area contributed by atoms with Gasteiger partial charge in [-0.15, -0.1) is 0 Å². The third kappa shape index (κ3) is 5.05. The molecule has 0 atom stereocenters. The standard InChI is InChI=1S/C21H22ClN5OS/c1-15-2-8-18(9-3-15)23-20(28)26-10-12-27(13-11-26)21-24-19(25-29-21)14-16-4-6-17(22)7-5-16/h2-9H,10-14H2,1H3,(H,23,28). The lowest BCUT2D eigenvalue weighted by Gasteiger charge is -2.34. The van der Waals surface area contributed by atoms with Gasteiger partial charge in [-0.3, -0.25) is 0 Å². The molecule has 0 radical (unpaired) electrons. The smallest absolute Gasteiger partial charge is 0.321 e. The molecule has 0 spiro atoms. The first-order chi connectivity index (χ1) is 14.1. The summed E-state index contributed by atoms with van der Waals surface area (Å²) in [5, 5.41) is 4.60. The van der Waals surface area contributed by atoms with Gasteiger partial charge in [0.15, 0.2) is 0 Å². The van der Waals surface area contributed by atoms with Crippen LogP contribution in [0.15, 0.2) is 48.5 Å². The Morgan fingerprint density at radius 2 is 1.76 bits per heavy atom. The van der Waals surface area contributed by atoms with E-state index in [2.05, 4.69) is 19.6 Å². The zero-order valence-corrected chi connectivity index (χ0v) is 17.7. The van der Waals surface area contributed by atoms with Crippen LogP contribution in [-0.2, 0) is 6.42 Å². The van der Waals surface area contributed by atoms with Crippen LogP contribution in [-0.4, -0.2) is 46.5 Å². The minimum atomic E-state index is -0.0609. The molecular weight excluding hydrogens is 406 g/mol. The Balaban J connectivity index is 1.30. The lowest BCUT2D eigenvalue weighted by Crippen LogP contribution is -2.50. The molecule has 0 aliphatic carbocycles. The van der Waals surface area contributed by atoms with E-state index in [4.69, 9.17) is 11.6 Å². The van der Waals surface area contributed by atoms with E-state index < -0.39 is 0 Å². The monoisotopic (exact) mass is 427 g/mol. The molecule has 6 nitrogen and oxygen atoms in total. The van der Waals surface area contributed by atoms with Crippen LogP contribution in [0.4, 0.5) is 15.6 Å². The number of hydrogen-bond donors (Lipinski definition) is 1. The van der Waals surface area contributed by atoms with Crippen LogP contribution in [0.5, 0.6) is 0 Å². The average Bonchev–Trinajstić information content (AvgIpc) is 3.20. The summed E-state index contributed by atoms with van der Waals surface area (Å²) in [4.78, 5) is 21.2. The number of urea groups is 1. The summed E-state index contributed by atoms with van der Waals surface area (Å²) >= 11 is 7.35. The number of anilines is 2. The van der Waals surface area contributed by atoms with Gasteiger partial charge in [0.25, 0.3) is 0 Å². The van der Waals surface area contributed by atoms with E-state index in [1.165, 1.54) is 17.1 Å². The maximum atomic E-state index is 12.5. The molecule has 4 rings (SSSR count). The van der Waals surface area contributed by atoms with Gasteiger partial charge in [-0.25, -0.2) is 9.78 Å². The highest BCUT2D eigenvalue weighted by Crippen LogP contribution is 2.21. The number of nitrogens with zero attached hydrogens (tertiary/aromatic N) is 4. The van der Waals surface area contributed by atoms with Gasteiger partial charge in [0, 0.05) is 54.8 Å². The molecule has 1 saturated heterocycles. The van der Waals surface area contributed by atoms with Gasteiger partial charge in [-0.05, 0) is 36.8 Å². The van der Waals surface area contributed by atoms with E-state index in [1.54, 1.807) is 0 Å². The highest BCUT2D eigenvalue weighted by Gasteiger charge is 2.23. The molecule has 2 aromatic carbocycles. The third-order valence-electron chi connectivity index (χ3n) is 4.87. The summed E-state index contributed by atoms with van der Waals surface area (Å²) in [6.45, 7) is 4.83. The van der Waals surface area contributed by atoms with E-state index in [1.807, 2.05) is 60.4 Å². The van der Waals surface area contributed by atoms with Gasteiger partial charge in [0.1, 0.15) is 5.82 Å².